The van der Waals surface area contributed by atoms with Crippen LogP contribution in [0.4, 0.5) is 0 Å². The lowest BCUT2D eigenvalue weighted by Gasteiger charge is -2.09. The van der Waals surface area contributed by atoms with Crippen molar-refractivity contribution in [1.82, 2.24) is 5.43 Å². The van der Waals surface area contributed by atoms with E-state index in [0.717, 1.165) is 12.8 Å². The molecule has 0 fully saturated rings. The second kappa shape index (κ2) is 6.19. The van der Waals surface area contributed by atoms with Gasteiger partial charge in [-0.15, -0.1) is 0 Å². The lowest BCUT2D eigenvalue weighted by Crippen LogP contribution is -2.31. The molecule has 0 aliphatic rings. The molecule has 0 aromatic heterocycles. The summed E-state index contributed by atoms with van der Waals surface area (Å²) in [4.78, 5) is 11.0. The number of carbonyl (C=O) groups excluding carboxylic acids is 1. The quantitative estimate of drug-likeness (QED) is 0.437. The number of hydrogen-bond donors (Lipinski definition) is 2. The molecule has 0 saturated heterocycles. The highest BCUT2D eigenvalue weighted by molar-refractivity contribution is 5.75. The third-order valence-corrected chi connectivity index (χ3v) is 2.46. The number of hydrazine groups is 1. The number of nitrogens with two attached hydrogens (primary N) is 1. The van der Waals surface area contributed by atoms with Gasteiger partial charge in [-0.3, -0.25) is 10.2 Å². The summed E-state index contributed by atoms with van der Waals surface area (Å²) in [5.41, 5.74) is 3.47. The zero-order valence-electron chi connectivity index (χ0n) is 9.07. The Bertz CT molecular complexity index is 298. The van der Waals surface area contributed by atoms with Crippen LogP contribution in [0.1, 0.15) is 25.3 Å². The highest BCUT2D eigenvalue weighted by Crippen LogP contribution is 2.12. The van der Waals surface area contributed by atoms with Crippen molar-refractivity contribution in [2.24, 2.45) is 11.8 Å². The van der Waals surface area contributed by atoms with Gasteiger partial charge in [-0.1, -0.05) is 37.3 Å². The summed E-state index contributed by atoms with van der Waals surface area (Å²) in [6.45, 7) is 2.07. The van der Waals surface area contributed by atoms with E-state index in [1.54, 1.807) is 0 Å². The fraction of sp³-hybridized carbons (Fsp3) is 0.417. The van der Waals surface area contributed by atoms with E-state index < -0.39 is 0 Å². The van der Waals surface area contributed by atoms with Crippen LogP contribution in [0.3, 0.4) is 0 Å². The van der Waals surface area contributed by atoms with Gasteiger partial charge in [0.2, 0.25) is 5.91 Å². The van der Waals surface area contributed by atoms with Gasteiger partial charge < -0.3 is 0 Å². The minimum Gasteiger partial charge on any atom is -0.294 e. The number of rotatable bonds is 5. The standard InChI is InChI=1S/C12H18N2O/c1-10(9-12(15)14-13)7-8-11-5-3-2-4-6-11/h2-6,10H,7-9,13H2,1H3,(H,14,15). The van der Waals surface area contributed by atoms with E-state index in [-0.39, 0.29) is 5.91 Å². The minimum absolute atomic E-state index is 0.0874. The van der Waals surface area contributed by atoms with Gasteiger partial charge in [-0.05, 0) is 24.3 Å². The fourth-order valence-electron chi connectivity index (χ4n) is 1.54. The van der Waals surface area contributed by atoms with Crippen LogP contribution in [0.15, 0.2) is 30.3 Å². The number of amides is 1. The largest absolute Gasteiger partial charge is 0.294 e. The van der Waals surface area contributed by atoms with Gasteiger partial charge in [-0.2, -0.15) is 0 Å². The van der Waals surface area contributed by atoms with Crippen LogP contribution >= 0.6 is 0 Å². The Hall–Kier alpha value is -1.35. The Kier molecular flexibility index (Phi) is 4.84. The summed E-state index contributed by atoms with van der Waals surface area (Å²) in [7, 11) is 0. The van der Waals surface area contributed by atoms with Crippen LogP contribution in [0.5, 0.6) is 0 Å². The van der Waals surface area contributed by atoms with Gasteiger partial charge in [-0.25, -0.2) is 5.84 Å². The topological polar surface area (TPSA) is 55.1 Å². The maximum Gasteiger partial charge on any atom is 0.234 e. The van der Waals surface area contributed by atoms with Crippen LogP contribution in [0.25, 0.3) is 0 Å². The van der Waals surface area contributed by atoms with Crippen molar-refractivity contribution in [3.63, 3.8) is 0 Å². The van der Waals surface area contributed by atoms with Gasteiger partial charge in [0.15, 0.2) is 0 Å². The molecule has 0 aliphatic carbocycles. The summed E-state index contributed by atoms with van der Waals surface area (Å²) in [6, 6.07) is 10.3. The third-order valence-electron chi connectivity index (χ3n) is 2.46. The number of nitrogens with one attached hydrogen (secondary N) is 1. The zero-order valence-corrected chi connectivity index (χ0v) is 9.07. The molecule has 1 atom stereocenters. The summed E-state index contributed by atoms with van der Waals surface area (Å²) >= 11 is 0. The number of hydrogen-bond acceptors (Lipinski definition) is 2. The van der Waals surface area contributed by atoms with E-state index in [1.165, 1.54) is 5.56 Å². The highest BCUT2D eigenvalue weighted by Gasteiger charge is 2.07. The van der Waals surface area contributed by atoms with E-state index in [0.29, 0.717) is 12.3 Å². The average Bonchev–Trinajstić information content (AvgIpc) is 2.27. The average molecular weight is 206 g/mol. The first-order valence-corrected chi connectivity index (χ1v) is 5.25. The number of aryl methyl sites for hydroxylation is 1. The molecule has 3 heteroatoms. The van der Waals surface area contributed by atoms with Crippen molar-refractivity contribution in [3.05, 3.63) is 35.9 Å². The Morgan fingerprint density at radius 1 is 1.40 bits per heavy atom. The molecule has 1 amide bonds. The molecule has 1 aromatic rings. The molecule has 1 rings (SSSR count). The summed E-state index contributed by atoms with van der Waals surface area (Å²) in [5.74, 6) is 5.31. The molecule has 0 spiro atoms. The van der Waals surface area contributed by atoms with Crippen molar-refractivity contribution in [2.45, 2.75) is 26.2 Å². The molecule has 3 N–H and O–H groups in total. The summed E-state index contributed by atoms with van der Waals surface area (Å²) in [6.07, 6.45) is 2.53. The molecule has 82 valence electrons. The van der Waals surface area contributed by atoms with Crippen molar-refractivity contribution in [1.29, 1.82) is 0 Å². The normalized spacial score (nSPS) is 12.1. The van der Waals surface area contributed by atoms with Crippen molar-refractivity contribution in [2.75, 3.05) is 0 Å². The van der Waals surface area contributed by atoms with Crippen molar-refractivity contribution >= 4 is 5.91 Å². The van der Waals surface area contributed by atoms with E-state index in [2.05, 4.69) is 24.5 Å². The van der Waals surface area contributed by atoms with E-state index in [4.69, 9.17) is 5.84 Å². The molecular weight excluding hydrogens is 188 g/mol. The first-order valence-electron chi connectivity index (χ1n) is 5.25. The lowest BCUT2D eigenvalue weighted by molar-refractivity contribution is -0.122. The van der Waals surface area contributed by atoms with Gasteiger partial charge >= 0.3 is 0 Å². The monoisotopic (exact) mass is 206 g/mol. The molecular formula is C12H18N2O. The number of carbonyl (C=O) groups is 1. The number of benzene rings is 1. The van der Waals surface area contributed by atoms with Crippen LogP contribution < -0.4 is 11.3 Å². The first-order chi connectivity index (χ1) is 7.22. The third kappa shape index (κ3) is 4.61. The Balaban J connectivity index is 2.28. The minimum atomic E-state index is -0.0874. The van der Waals surface area contributed by atoms with Gasteiger partial charge in [0.25, 0.3) is 0 Å². The molecule has 0 aliphatic heterocycles. The Morgan fingerprint density at radius 3 is 2.67 bits per heavy atom. The Morgan fingerprint density at radius 2 is 2.07 bits per heavy atom. The molecule has 1 unspecified atom stereocenters. The second-order valence-electron chi connectivity index (χ2n) is 3.90. The zero-order chi connectivity index (χ0) is 11.1. The van der Waals surface area contributed by atoms with Crippen molar-refractivity contribution < 1.29 is 4.79 Å². The molecule has 0 saturated carbocycles. The van der Waals surface area contributed by atoms with Crippen LogP contribution in [0, 0.1) is 5.92 Å². The molecule has 3 nitrogen and oxygen atoms in total. The summed E-state index contributed by atoms with van der Waals surface area (Å²) in [5, 5.41) is 0. The molecule has 0 heterocycles. The van der Waals surface area contributed by atoms with Crippen LogP contribution in [0.2, 0.25) is 0 Å². The molecule has 15 heavy (non-hydrogen) atoms. The fourth-order valence-corrected chi connectivity index (χ4v) is 1.54. The molecule has 1 aromatic carbocycles. The maximum absolute atomic E-state index is 11.0. The van der Waals surface area contributed by atoms with E-state index >= 15 is 0 Å². The predicted molar refractivity (Wildman–Crippen MR) is 60.9 cm³/mol. The predicted octanol–water partition coefficient (Wildman–Crippen LogP) is 1.64. The second-order valence-corrected chi connectivity index (χ2v) is 3.90. The van der Waals surface area contributed by atoms with E-state index in [1.807, 2.05) is 18.2 Å². The maximum atomic E-state index is 11.0. The summed E-state index contributed by atoms with van der Waals surface area (Å²) < 4.78 is 0. The lowest BCUT2D eigenvalue weighted by atomic mass is 9.98. The Labute approximate surface area is 90.6 Å². The molecule has 0 radical (unpaired) electrons. The van der Waals surface area contributed by atoms with Crippen LogP contribution in [-0.4, -0.2) is 5.91 Å². The molecule has 0 bridgehead atoms. The first kappa shape index (κ1) is 11.7. The smallest absolute Gasteiger partial charge is 0.234 e. The van der Waals surface area contributed by atoms with E-state index in [9.17, 15) is 4.79 Å². The van der Waals surface area contributed by atoms with Gasteiger partial charge in [0.05, 0.1) is 0 Å². The highest BCUT2D eigenvalue weighted by atomic mass is 16.2. The van der Waals surface area contributed by atoms with Gasteiger partial charge in [0.1, 0.15) is 0 Å². The van der Waals surface area contributed by atoms with Crippen molar-refractivity contribution in [3.8, 4) is 0 Å². The van der Waals surface area contributed by atoms with Gasteiger partial charge in [0, 0.05) is 6.42 Å². The SMILES string of the molecule is CC(CCc1ccccc1)CC(=O)NN. The van der Waals surface area contributed by atoms with Crippen LogP contribution in [-0.2, 0) is 11.2 Å².